The smallest absolute Gasteiger partial charge is 0.124 e. The molecule has 0 radical (unpaired) electrons. The summed E-state index contributed by atoms with van der Waals surface area (Å²) in [5, 5.41) is 0. The van der Waals surface area contributed by atoms with Gasteiger partial charge in [-0.2, -0.15) is 0 Å². The van der Waals surface area contributed by atoms with Crippen LogP contribution in [0.5, 0.6) is 5.75 Å². The molecule has 1 aromatic rings. The van der Waals surface area contributed by atoms with Crippen LogP contribution in [0, 0.1) is 11.3 Å². The Balaban J connectivity index is 2.15. The van der Waals surface area contributed by atoms with Crippen molar-refractivity contribution in [3.05, 3.63) is 29.8 Å². The predicted molar refractivity (Wildman–Crippen MR) is 89.5 cm³/mol. The van der Waals surface area contributed by atoms with E-state index in [-0.39, 0.29) is 5.54 Å². The molecule has 118 valence electrons. The summed E-state index contributed by atoms with van der Waals surface area (Å²) in [6, 6.07) is 8.34. The Morgan fingerprint density at radius 2 is 1.81 bits per heavy atom. The van der Waals surface area contributed by atoms with E-state index in [0.29, 0.717) is 5.41 Å². The van der Waals surface area contributed by atoms with E-state index < -0.39 is 0 Å². The van der Waals surface area contributed by atoms with Crippen LogP contribution in [0.25, 0.3) is 0 Å². The molecular weight excluding hydrogens is 258 g/mol. The number of para-hydroxylation sites is 1. The first-order chi connectivity index (χ1) is 9.87. The molecule has 0 aromatic heterocycles. The summed E-state index contributed by atoms with van der Waals surface area (Å²) < 4.78 is 5.92. The normalized spacial score (nSPS) is 26.6. The number of ether oxygens (including phenoxy) is 1. The summed E-state index contributed by atoms with van der Waals surface area (Å²) in [6.45, 7) is 9.94. The van der Waals surface area contributed by atoms with Crippen LogP contribution in [0.3, 0.4) is 0 Å². The van der Waals surface area contributed by atoms with Crippen molar-refractivity contribution in [3.8, 4) is 5.75 Å². The maximum Gasteiger partial charge on any atom is 0.124 e. The van der Waals surface area contributed by atoms with Crippen LogP contribution in [-0.2, 0) is 5.54 Å². The quantitative estimate of drug-likeness (QED) is 0.858. The van der Waals surface area contributed by atoms with Gasteiger partial charge >= 0.3 is 0 Å². The van der Waals surface area contributed by atoms with Crippen molar-refractivity contribution in [2.75, 3.05) is 6.61 Å². The molecule has 0 heterocycles. The van der Waals surface area contributed by atoms with Gasteiger partial charge in [0, 0.05) is 11.1 Å². The average molecular weight is 289 g/mol. The zero-order valence-corrected chi connectivity index (χ0v) is 14.1. The van der Waals surface area contributed by atoms with Gasteiger partial charge in [-0.05, 0) is 49.5 Å². The molecule has 1 aliphatic rings. The largest absolute Gasteiger partial charge is 0.493 e. The van der Waals surface area contributed by atoms with E-state index in [1.54, 1.807) is 0 Å². The van der Waals surface area contributed by atoms with Crippen LogP contribution in [0.15, 0.2) is 24.3 Å². The maximum absolute atomic E-state index is 6.78. The van der Waals surface area contributed by atoms with Crippen LogP contribution in [0.1, 0.15) is 65.4 Å². The van der Waals surface area contributed by atoms with E-state index in [2.05, 4.69) is 45.9 Å². The molecule has 0 amide bonds. The molecule has 2 heteroatoms. The number of hydrogen-bond acceptors (Lipinski definition) is 2. The Kier molecular flexibility index (Phi) is 4.98. The lowest BCUT2D eigenvalue weighted by atomic mass is 9.66. The van der Waals surface area contributed by atoms with Crippen molar-refractivity contribution in [3.63, 3.8) is 0 Å². The summed E-state index contributed by atoms with van der Waals surface area (Å²) >= 11 is 0. The molecule has 0 atom stereocenters. The van der Waals surface area contributed by atoms with E-state index in [1.807, 2.05) is 6.07 Å². The van der Waals surface area contributed by atoms with Crippen molar-refractivity contribution in [2.45, 2.75) is 65.3 Å². The summed E-state index contributed by atoms with van der Waals surface area (Å²) in [5.74, 6) is 1.76. The number of nitrogens with two attached hydrogens (primary N) is 1. The molecule has 1 aromatic carbocycles. The molecule has 1 fully saturated rings. The molecule has 1 saturated carbocycles. The Labute approximate surface area is 130 Å². The second-order valence-corrected chi connectivity index (χ2v) is 7.64. The number of rotatable bonds is 4. The first-order valence-corrected chi connectivity index (χ1v) is 8.38. The summed E-state index contributed by atoms with van der Waals surface area (Å²) in [6.07, 6.45) is 5.56. The van der Waals surface area contributed by atoms with Crippen molar-refractivity contribution in [2.24, 2.45) is 17.1 Å². The van der Waals surface area contributed by atoms with Gasteiger partial charge in [-0.3, -0.25) is 0 Å². The Morgan fingerprint density at radius 1 is 1.19 bits per heavy atom. The minimum absolute atomic E-state index is 0.216. The minimum atomic E-state index is -0.216. The van der Waals surface area contributed by atoms with Crippen molar-refractivity contribution < 1.29 is 4.74 Å². The molecule has 1 aliphatic carbocycles. The first kappa shape index (κ1) is 16.4. The van der Waals surface area contributed by atoms with Crippen molar-refractivity contribution in [1.82, 2.24) is 0 Å². The van der Waals surface area contributed by atoms with Gasteiger partial charge in [0.2, 0.25) is 0 Å². The molecule has 21 heavy (non-hydrogen) atoms. The summed E-state index contributed by atoms with van der Waals surface area (Å²) in [4.78, 5) is 0. The molecule has 0 spiro atoms. The van der Waals surface area contributed by atoms with E-state index in [1.165, 1.54) is 18.4 Å². The topological polar surface area (TPSA) is 35.2 Å². The molecule has 0 saturated heterocycles. The van der Waals surface area contributed by atoms with E-state index in [9.17, 15) is 0 Å². The molecule has 0 bridgehead atoms. The highest BCUT2D eigenvalue weighted by molar-refractivity contribution is 5.39. The third kappa shape index (κ3) is 3.79. The molecule has 0 unspecified atom stereocenters. The van der Waals surface area contributed by atoms with Crippen molar-refractivity contribution in [1.29, 1.82) is 0 Å². The highest BCUT2D eigenvalue weighted by Gasteiger charge is 2.38. The summed E-state index contributed by atoms with van der Waals surface area (Å²) in [5.41, 5.74) is 8.15. The third-order valence-corrected chi connectivity index (χ3v) is 4.99. The molecule has 0 aliphatic heterocycles. The Hall–Kier alpha value is -1.02. The van der Waals surface area contributed by atoms with Gasteiger partial charge in [-0.25, -0.2) is 0 Å². The third-order valence-electron chi connectivity index (χ3n) is 4.99. The lowest BCUT2D eigenvalue weighted by Gasteiger charge is -2.42. The lowest BCUT2D eigenvalue weighted by Crippen LogP contribution is -2.42. The molecular formula is C19H31NO. The monoisotopic (exact) mass is 289 g/mol. The van der Waals surface area contributed by atoms with Crippen molar-refractivity contribution >= 4 is 0 Å². The summed E-state index contributed by atoms with van der Waals surface area (Å²) in [7, 11) is 0. The zero-order valence-electron chi connectivity index (χ0n) is 14.1. The van der Waals surface area contributed by atoms with Crippen LogP contribution in [0.2, 0.25) is 0 Å². The van der Waals surface area contributed by atoms with Gasteiger partial charge in [0.05, 0.1) is 6.61 Å². The molecule has 2 nitrogen and oxygen atoms in total. The fourth-order valence-corrected chi connectivity index (χ4v) is 3.48. The Bertz CT molecular complexity index is 453. The standard InChI is InChI=1S/C19H31NO/c1-5-14-21-17-9-7-6-8-16(17)19(20)12-10-15(11-13-19)18(2,3)4/h6-9,15H,5,10-14,20H2,1-4H3. The van der Waals surface area contributed by atoms with Gasteiger partial charge in [0.25, 0.3) is 0 Å². The highest BCUT2D eigenvalue weighted by Crippen LogP contribution is 2.46. The van der Waals surface area contributed by atoms with Gasteiger partial charge in [0.1, 0.15) is 5.75 Å². The van der Waals surface area contributed by atoms with Crippen LogP contribution >= 0.6 is 0 Å². The first-order valence-electron chi connectivity index (χ1n) is 8.38. The number of benzene rings is 1. The van der Waals surface area contributed by atoms with Crippen LogP contribution in [0.4, 0.5) is 0 Å². The van der Waals surface area contributed by atoms with Gasteiger partial charge in [0.15, 0.2) is 0 Å². The van der Waals surface area contributed by atoms with E-state index in [0.717, 1.165) is 37.5 Å². The Morgan fingerprint density at radius 3 is 2.38 bits per heavy atom. The fourth-order valence-electron chi connectivity index (χ4n) is 3.48. The number of hydrogen-bond donors (Lipinski definition) is 1. The lowest BCUT2D eigenvalue weighted by molar-refractivity contribution is 0.132. The van der Waals surface area contributed by atoms with Gasteiger partial charge < -0.3 is 10.5 Å². The second kappa shape index (κ2) is 6.39. The fraction of sp³-hybridized carbons (Fsp3) is 0.684. The zero-order chi connectivity index (χ0) is 15.5. The maximum atomic E-state index is 6.78. The molecule has 2 rings (SSSR count). The average Bonchev–Trinajstić information content (AvgIpc) is 2.45. The van der Waals surface area contributed by atoms with Crippen LogP contribution < -0.4 is 10.5 Å². The second-order valence-electron chi connectivity index (χ2n) is 7.64. The van der Waals surface area contributed by atoms with Gasteiger partial charge in [-0.1, -0.05) is 45.9 Å². The van der Waals surface area contributed by atoms with E-state index >= 15 is 0 Å². The predicted octanol–water partition coefficient (Wildman–Crippen LogP) is 4.87. The SMILES string of the molecule is CCCOc1ccccc1C1(N)CCC(C(C)(C)C)CC1. The highest BCUT2D eigenvalue weighted by atomic mass is 16.5. The molecule has 2 N–H and O–H groups in total. The minimum Gasteiger partial charge on any atom is -0.493 e. The van der Waals surface area contributed by atoms with E-state index in [4.69, 9.17) is 10.5 Å². The van der Waals surface area contributed by atoms with Gasteiger partial charge in [-0.15, -0.1) is 0 Å². The van der Waals surface area contributed by atoms with Crippen LogP contribution in [-0.4, -0.2) is 6.61 Å².